The number of urea groups is 1. The molecule has 0 saturated carbocycles. The van der Waals surface area contributed by atoms with Gasteiger partial charge < -0.3 is 10.6 Å². The maximum atomic E-state index is 12.0. The van der Waals surface area contributed by atoms with Crippen LogP contribution in [0.15, 0.2) is 24.4 Å². The number of carbonyl (C=O) groups is 2. The molecule has 4 N–H and O–H groups in total. The standard InChI is InChI=1S/C17H23ClN6O3/c1-10(2)6-15(16(25)22-27)20-17(26)19-8-12-9-24(23-21-12)13-5-4-11(3)14(18)7-13/h4-5,7,9-10,15,27H,6,8H2,1-3H3,(H,22,25)(H2,19,20,26)/t15-/m0/s1. The first kappa shape index (κ1) is 20.7. The Labute approximate surface area is 162 Å². The monoisotopic (exact) mass is 394 g/mol. The molecule has 2 rings (SSSR count). The molecule has 0 aliphatic rings. The number of nitrogens with zero attached hydrogens (tertiary/aromatic N) is 3. The molecule has 0 bridgehead atoms. The minimum Gasteiger partial charge on any atom is -0.332 e. The number of aryl methyl sites for hydroxylation is 1. The first-order chi connectivity index (χ1) is 12.8. The summed E-state index contributed by atoms with van der Waals surface area (Å²) in [5.74, 6) is -0.505. The highest BCUT2D eigenvalue weighted by atomic mass is 35.5. The molecule has 2 aromatic rings. The third-order valence-electron chi connectivity index (χ3n) is 3.83. The number of aromatic nitrogens is 3. The molecule has 0 aliphatic heterocycles. The number of halogens is 1. The third kappa shape index (κ3) is 5.93. The summed E-state index contributed by atoms with van der Waals surface area (Å²) in [6, 6.07) is 4.15. The largest absolute Gasteiger partial charge is 0.332 e. The molecule has 0 radical (unpaired) electrons. The van der Waals surface area contributed by atoms with Crippen LogP contribution in [0.1, 0.15) is 31.5 Å². The minimum atomic E-state index is -0.833. The Hall–Kier alpha value is -2.65. The molecule has 0 saturated heterocycles. The van der Waals surface area contributed by atoms with Gasteiger partial charge in [0.05, 0.1) is 18.4 Å². The fourth-order valence-electron chi connectivity index (χ4n) is 2.39. The topological polar surface area (TPSA) is 121 Å². The van der Waals surface area contributed by atoms with E-state index in [9.17, 15) is 9.59 Å². The van der Waals surface area contributed by atoms with E-state index in [2.05, 4.69) is 20.9 Å². The number of carbonyl (C=O) groups excluding carboxylic acids is 2. The number of hydrogen-bond acceptors (Lipinski definition) is 5. The second-order valence-corrected chi connectivity index (χ2v) is 6.98. The van der Waals surface area contributed by atoms with Crippen LogP contribution >= 0.6 is 11.6 Å². The van der Waals surface area contributed by atoms with Gasteiger partial charge in [-0.15, -0.1) is 5.10 Å². The maximum absolute atomic E-state index is 12.0. The highest BCUT2D eigenvalue weighted by Gasteiger charge is 2.21. The lowest BCUT2D eigenvalue weighted by Gasteiger charge is -2.18. The van der Waals surface area contributed by atoms with Crippen molar-refractivity contribution in [3.8, 4) is 5.69 Å². The SMILES string of the molecule is Cc1ccc(-n2cc(CNC(=O)N[C@@H](CC(C)C)C(=O)NO)nn2)cc1Cl. The molecule has 0 fully saturated rings. The first-order valence-electron chi connectivity index (χ1n) is 8.46. The van der Waals surface area contributed by atoms with E-state index in [1.807, 2.05) is 32.9 Å². The predicted molar refractivity (Wildman–Crippen MR) is 99.6 cm³/mol. The lowest BCUT2D eigenvalue weighted by molar-refractivity contribution is -0.131. The maximum Gasteiger partial charge on any atom is 0.315 e. The van der Waals surface area contributed by atoms with Gasteiger partial charge in [-0.05, 0) is 37.0 Å². The van der Waals surface area contributed by atoms with Gasteiger partial charge >= 0.3 is 6.03 Å². The van der Waals surface area contributed by atoms with Crippen molar-refractivity contribution in [2.75, 3.05) is 0 Å². The van der Waals surface area contributed by atoms with Crippen LogP contribution < -0.4 is 16.1 Å². The van der Waals surface area contributed by atoms with Gasteiger partial charge in [0.25, 0.3) is 5.91 Å². The van der Waals surface area contributed by atoms with Crippen molar-refractivity contribution in [2.24, 2.45) is 5.92 Å². The van der Waals surface area contributed by atoms with Crippen LogP contribution in [0.5, 0.6) is 0 Å². The van der Waals surface area contributed by atoms with Crippen LogP contribution in [0.25, 0.3) is 5.69 Å². The van der Waals surface area contributed by atoms with E-state index in [1.54, 1.807) is 22.4 Å². The second-order valence-electron chi connectivity index (χ2n) is 6.57. The van der Waals surface area contributed by atoms with Crippen molar-refractivity contribution in [1.82, 2.24) is 31.1 Å². The summed E-state index contributed by atoms with van der Waals surface area (Å²) in [4.78, 5) is 23.7. The fraction of sp³-hybridized carbons (Fsp3) is 0.412. The van der Waals surface area contributed by atoms with Crippen LogP contribution in [0.3, 0.4) is 0 Å². The van der Waals surface area contributed by atoms with Crippen molar-refractivity contribution < 1.29 is 14.8 Å². The van der Waals surface area contributed by atoms with E-state index in [0.29, 0.717) is 17.1 Å². The van der Waals surface area contributed by atoms with Gasteiger partial charge in [0, 0.05) is 5.02 Å². The van der Waals surface area contributed by atoms with Gasteiger partial charge in [-0.1, -0.05) is 36.7 Å². The Balaban J connectivity index is 1.94. The highest BCUT2D eigenvalue weighted by Crippen LogP contribution is 2.18. The van der Waals surface area contributed by atoms with E-state index in [4.69, 9.17) is 16.8 Å². The van der Waals surface area contributed by atoms with Gasteiger partial charge in [0.2, 0.25) is 0 Å². The number of nitrogens with one attached hydrogen (secondary N) is 3. The average molecular weight is 395 g/mol. The molecular weight excluding hydrogens is 372 g/mol. The summed E-state index contributed by atoms with van der Waals surface area (Å²) < 4.78 is 1.56. The van der Waals surface area contributed by atoms with E-state index in [0.717, 1.165) is 11.3 Å². The lowest BCUT2D eigenvalue weighted by atomic mass is 10.0. The van der Waals surface area contributed by atoms with Crippen LogP contribution in [0.2, 0.25) is 5.02 Å². The Morgan fingerprint density at radius 3 is 2.70 bits per heavy atom. The molecule has 10 heteroatoms. The van der Waals surface area contributed by atoms with E-state index in [1.165, 1.54) is 0 Å². The zero-order chi connectivity index (χ0) is 20.0. The van der Waals surface area contributed by atoms with E-state index in [-0.39, 0.29) is 12.5 Å². The molecule has 27 heavy (non-hydrogen) atoms. The molecule has 0 unspecified atom stereocenters. The van der Waals surface area contributed by atoms with Crippen molar-refractivity contribution >= 4 is 23.5 Å². The van der Waals surface area contributed by atoms with Crippen LogP contribution in [0, 0.1) is 12.8 Å². The zero-order valence-electron chi connectivity index (χ0n) is 15.4. The molecule has 3 amide bonds. The van der Waals surface area contributed by atoms with Crippen LogP contribution in [0.4, 0.5) is 4.79 Å². The quantitative estimate of drug-likeness (QED) is 0.422. The second kappa shape index (κ2) is 9.33. The number of hydroxylamine groups is 1. The summed E-state index contributed by atoms with van der Waals surface area (Å²) >= 11 is 6.12. The number of benzene rings is 1. The number of amides is 3. The van der Waals surface area contributed by atoms with Crippen LogP contribution in [-0.4, -0.2) is 38.2 Å². The van der Waals surface area contributed by atoms with Gasteiger partial charge in [-0.25, -0.2) is 15.0 Å². The predicted octanol–water partition coefficient (Wildman–Crippen LogP) is 1.95. The summed E-state index contributed by atoms with van der Waals surface area (Å²) in [7, 11) is 0. The van der Waals surface area contributed by atoms with Crippen molar-refractivity contribution in [2.45, 2.75) is 39.8 Å². The highest BCUT2D eigenvalue weighted by molar-refractivity contribution is 6.31. The minimum absolute atomic E-state index is 0.126. The zero-order valence-corrected chi connectivity index (χ0v) is 16.1. The van der Waals surface area contributed by atoms with E-state index < -0.39 is 18.0 Å². The molecule has 146 valence electrons. The first-order valence-corrected chi connectivity index (χ1v) is 8.84. The fourth-order valence-corrected chi connectivity index (χ4v) is 2.57. The molecule has 0 aliphatic carbocycles. The molecule has 1 heterocycles. The molecule has 1 atom stereocenters. The van der Waals surface area contributed by atoms with Gasteiger partial charge in [-0.3, -0.25) is 10.0 Å². The van der Waals surface area contributed by atoms with Crippen molar-refractivity contribution in [3.63, 3.8) is 0 Å². The summed E-state index contributed by atoms with van der Waals surface area (Å²) in [5.41, 5.74) is 3.81. The van der Waals surface area contributed by atoms with Crippen molar-refractivity contribution in [3.05, 3.63) is 40.7 Å². The Morgan fingerprint density at radius 2 is 2.07 bits per heavy atom. The molecule has 1 aromatic carbocycles. The summed E-state index contributed by atoms with van der Waals surface area (Å²) in [6.45, 7) is 5.85. The third-order valence-corrected chi connectivity index (χ3v) is 4.24. The molecule has 1 aromatic heterocycles. The number of hydrogen-bond donors (Lipinski definition) is 4. The van der Waals surface area contributed by atoms with Crippen LogP contribution in [-0.2, 0) is 11.3 Å². The summed E-state index contributed by atoms with van der Waals surface area (Å²) in [6.07, 6.45) is 2.07. The average Bonchev–Trinajstić information content (AvgIpc) is 3.09. The molecule has 9 nitrogen and oxygen atoms in total. The Bertz CT molecular complexity index is 808. The van der Waals surface area contributed by atoms with Gasteiger partial charge in [0.1, 0.15) is 11.7 Å². The van der Waals surface area contributed by atoms with E-state index >= 15 is 0 Å². The molecule has 0 spiro atoms. The van der Waals surface area contributed by atoms with Gasteiger partial charge in [-0.2, -0.15) is 0 Å². The molecular formula is C17H23ClN6O3. The number of rotatable bonds is 7. The van der Waals surface area contributed by atoms with Gasteiger partial charge in [0.15, 0.2) is 0 Å². The van der Waals surface area contributed by atoms with Crippen molar-refractivity contribution in [1.29, 1.82) is 0 Å². The smallest absolute Gasteiger partial charge is 0.315 e. The summed E-state index contributed by atoms with van der Waals surface area (Å²) in [5, 5.41) is 22.6. The Kier molecular flexibility index (Phi) is 7.14. The Morgan fingerprint density at radius 1 is 1.33 bits per heavy atom. The normalized spacial score (nSPS) is 11.9. The lowest BCUT2D eigenvalue weighted by Crippen LogP contribution is -2.49.